The lowest BCUT2D eigenvalue weighted by Crippen LogP contribution is -2.26. The number of carbonyl (C=O) groups excluding carboxylic acids is 1. The molecule has 0 radical (unpaired) electrons. The molecular weight excluding hydrogens is 506 g/mol. The first-order valence-corrected chi connectivity index (χ1v) is 12.2. The number of carbonyl (C=O) groups is 2. The van der Waals surface area contributed by atoms with E-state index < -0.39 is 6.16 Å². The highest BCUT2D eigenvalue weighted by molar-refractivity contribution is 6.31. The number of rotatable bonds is 10. The summed E-state index contributed by atoms with van der Waals surface area (Å²) in [5.41, 5.74) is 4.26. The van der Waals surface area contributed by atoms with E-state index >= 15 is 0 Å². The van der Waals surface area contributed by atoms with Gasteiger partial charge in [-0.05, 0) is 71.1 Å². The summed E-state index contributed by atoms with van der Waals surface area (Å²) in [5, 5.41) is 12.1. The minimum Gasteiger partial charge on any atom is -0.497 e. The molecule has 38 heavy (non-hydrogen) atoms. The van der Waals surface area contributed by atoms with Gasteiger partial charge < -0.3 is 24.6 Å². The fraction of sp³-hybridized carbons (Fsp3) is 0.133. The largest absolute Gasteiger partial charge is 0.511 e. The number of hydrogen-bond donors (Lipinski definition) is 2. The van der Waals surface area contributed by atoms with Crippen molar-refractivity contribution in [3.05, 3.63) is 113 Å². The molecule has 0 atom stereocenters. The van der Waals surface area contributed by atoms with Crippen molar-refractivity contribution >= 4 is 23.7 Å². The molecular formula is C30H26ClNO6. The van der Waals surface area contributed by atoms with Crippen molar-refractivity contribution in [2.45, 2.75) is 13.0 Å². The lowest BCUT2D eigenvalue weighted by Gasteiger charge is -2.13. The van der Waals surface area contributed by atoms with Crippen LogP contribution in [0, 0.1) is 0 Å². The zero-order chi connectivity index (χ0) is 26.9. The Morgan fingerprint density at radius 1 is 0.842 bits per heavy atom. The van der Waals surface area contributed by atoms with Gasteiger partial charge >= 0.3 is 6.16 Å². The normalized spacial score (nSPS) is 10.5. The Balaban J connectivity index is 1.33. The Morgan fingerprint density at radius 3 is 2.24 bits per heavy atom. The van der Waals surface area contributed by atoms with E-state index in [4.69, 9.17) is 26.2 Å². The first-order valence-electron chi connectivity index (χ1n) is 11.8. The van der Waals surface area contributed by atoms with Gasteiger partial charge in [-0.15, -0.1) is 0 Å². The van der Waals surface area contributed by atoms with E-state index in [0.29, 0.717) is 29.3 Å². The van der Waals surface area contributed by atoms with Crippen LogP contribution in [0.1, 0.15) is 21.5 Å². The molecule has 4 aromatic rings. The smallest absolute Gasteiger partial charge is 0.497 e. The SMILES string of the molecule is COc1cccc(COc2ccc(Cl)cc2C(=O)NCCc2ccc(-c3ccc(OC(=O)O)cc3)cc2)c1. The average molecular weight is 532 g/mol. The highest BCUT2D eigenvalue weighted by atomic mass is 35.5. The molecule has 7 nitrogen and oxygen atoms in total. The van der Waals surface area contributed by atoms with E-state index in [9.17, 15) is 9.59 Å². The summed E-state index contributed by atoms with van der Waals surface area (Å²) >= 11 is 6.16. The van der Waals surface area contributed by atoms with Gasteiger partial charge in [0.2, 0.25) is 0 Å². The van der Waals surface area contributed by atoms with Crippen LogP contribution in [0.25, 0.3) is 11.1 Å². The third-order valence-corrected chi connectivity index (χ3v) is 6.00. The van der Waals surface area contributed by atoms with Gasteiger partial charge in [-0.3, -0.25) is 4.79 Å². The molecule has 0 fully saturated rings. The summed E-state index contributed by atoms with van der Waals surface area (Å²) in [4.78, 5) is 23.6. The monoisotopic (exact) mass is 531 g/mol. The first kappa shape index (κ1) is 26.6. The van der Waals surface area contributed by atoms with Crippen LogP contribution in [0.2, 0.25) is 5.02 Å². The summed E-state index contributed by atoms with van der Waals surface area (Å²) in [6, 6.07) is 27.3. The van der Waals surface area contributed by atoms with Gasteiger partial charge in [-0.25, -0.2) is 4.79 Å². The van der Waals surface area contributed by atoms with Crippen molar-refractivity contribution in [2.75, 3.05) is 13.7 Å². The Morgan fingerprint density at radius 2 is 1.55 bits per heavy atom. The summed E-state index contributed by atoms with van der Waals surface area (Å²) in [5.74, 6) is 1.17. The van der Waals surface area contributed by atoms with Crippen molar-refractivity contribution in [1.82, 2.24) is 5.32 Å². The molecule has 2 N–H and O–H groups in total. The minimum absolute atomic E-state index is 0.266. The standard InChI is InChI=1S/C30H26ClNO6/c1-36-26-4-2-3-21(17-26)19-37-28-14-11-24(31)18-27(28)29(33)32-16-15-20-5-7-22(8-6-20)23-9-12-25(13-10-23)38-30(34)35/h2-14,17-18H,15-16,19H2,1H3,(H,32,33)(H,34,35). The molecule has 0 aromatic heterocycles. The van der Waals surface area contributed by atoms with Gasteiger partial charge in [0.05, 0.1) is 12.7 Å². The maximum Gasteiger partial charge on any atom is 0.511 e. The molecule has 1 amide bonds. The van der Waals surface area contributed by atoms with E-state index in [1.807, 2.05) is 48.5 Å². The van der Waals surface area contributed by atoms with Crippen LogP contribution in [0.4, 0.5) is 4.79 Å². The zero-order valence-electron chi connectivity index (χ0n) is 20.6. The second-order valence-electron chi connectivity index (χ2n) is 8.38. The predicted octanol–water partition coefficient (Wildman–Crippen LogP) is 6.62. The minimum atomic E-state index is -1.35. The van der Waals surface area contributed by atoms with E-state index in [1.165, 1.54) is 0 Å². The van der Waals surface area contributed by atoms with Crippen molar-refractivity contribution < 1.29 is 28.9 Å². The van der Waals surface area contributed by atoms with Crippen molar-refractivity contribution in [1.29, 1.82) is 0 Å². The number of hydrogen-bond acceptors (Lipinski definition) is 5. The zero-order valence-corrected chi connectivity index (χ0v) is 21.4. The Labute approximate surface area is 225 Å². The Bertz CT molecular complexity index is 1400. The molecule has 0 aliphatic carbocycles. The summed E-state index contributed by atoms with van der Waals surface area (Å²) < 4.78 is 15.8. The third kappa shape index (κ3) is 7.27. The van der Waals surface area contributed by atoms with E-state index in [1.54, 1.807) is 49.6 Å². The molecule has 8 heteroatoms. The lowest BCUT2D eigenvalue weighted by atomic mass is 10.0. The number of nitrogens with one attached hydrogen (secondary N) is 1. The van der Waals surface area contributed by atoms with Crippen LogP contribution in [-0.4, -0.2) is 30.8 Å². The number of benzene rings is 4. The molecule has 0 spiro atoms. The Hall–Kier alpha value is -4.49. The topological polar surface area (TPSA) is 94.1 Å². The number of carboxylic acid groups (broad SMARTS) is 1. The fourth-order valence-corrected chi connectivity index (χ4v) is 4.00. The summed E-state index contributed by atoms with van der Waals surface area (Å²) in [6.07, 6.45) is -0.709. The van der Waals surface area contributed by atoms with Crippen molar-refractivity contribution in [2.24, 2.45) is 0 Å². The number of halogens is 1. The maximum atomic E-state index is 12.9. The Kier molecular flexibility index (Phi) is 8.85. The molecule has 0 unspecified atom stereocenters. The van der Waals surface area contributed by atoms with Gasteiger partial charge in [0, 0.05) is 11.6 Å². The van der Waals surface area contributed by atoms with Crippen LogP contribution in [0.3, 0.4) is 0 Å². The van der Waals surface area contributed by atoms with Gasteiger partial charge in [0.15, 0.2) is 0 Å². The molecule has 4 aromatic carbocycles. The molecule has 0 saturated heterocycles. The van der Waals surface area contributed by atoms with E-state index in [2.05, 4.69) is 10.1 Å². The van der Waals surface area contributed by atoms with Crippen molar-refractivity contribution in [3.8, 4) is 28.4 Å². The molecule has 0 aliphatic rings. The second-order valence-corrected chi connectivity index (χ2v) is 8.81. The number of amides is 1. The number of methoxy groups -OCH3 is 1. The first-order chi connectivity index (χ1) is 18.4. The third-order valence-electron chi connectivity index (χ3n) is 5.76. The summed E-state index contributed by atoms with van der Waals surface area (Å²) in [7, 11) is 1.61. The van der Waals surface area contributed by atoms with E-state index in [0.717, 1.165) is 28.0 Å². The molecule has 0 saturated carbocycles. The predicted molar refractivity (Wildman–Crippen MR) is 145 cm³/mol. The molecule has 0 bridgehead atoms. The quantitative estimate of drug-likeness (QED) is 0.176. The van der Waals surface area contributed by atoms with Crippen molar-refractivity contribution in [3.63, 3.8) is 0 Å². The average Bonchev–Trinajstić information content (AvgIpc) is 2.93. The molecule has 0 heterocycles. The molecule has 0 aliphatic heterocycles. The lowest BCUT2D eigenvalue weighted by molar-refractivity contribution is 0.0949. The van der Waals surface area contributed by atoms with Crippen LogP contribution >= 0.6 is 11.6 Å². The van der Waals surface area contributed by atoms with Crippen LogP contribution < -0.4 is 19.5 Å². The van der Waals surface area contributed by atoms with Gasteiger partial charge in [0.25, 0.3) is 5.91 Å². The van der Waals surface area contributed by atoms with E-state index in [-0.39, 0.29) is 18.3 Å². The highest BCUT2D eigenvalue weighted by Gasteiger charge is 2.14. The molecule has 194 valence electrons. The van der Waals surface area contributed by atoms with Gasteiger partial charge in [-0.2, -0.15) is 0 Å². The van der Waals surface area contributed by atoms with Crippen LogP contribution in [0.15, 0.2) is 91.0 Å². The van der Waals surface area contributed by atoms with Gasteiger partial charge in [0.1, 0.15) is 23.9 Å². The second kappa shape index (κ2) is 12.7. The maximum absolute atomic E-state index is 12.9. The summed E-state index contributed by atoms with van der Waals surface area (Å²) in [6.45, 7) is 0.710. The highest BCUT2D eigenvalue weighted by Crippen LogP contribution is 2.25. The van der Waals surface area contributed by atoms with Gasteiger partial charge in [-0.1, -0.05) is 60.1 Å². The van der Waals surface area contributed by atoms with Crippen LogP contribution in [-0.2, 0) is 13.0 Å². The fourth-order valence-electron chi connectivity index (χ4n) is 3.82. The number of ether oxygens (including phenoxy) is 3. The molecule has 4 rings (SSSR count). The van der Waals surface area contributed by atoms with Crippen LogP contribution in [0.5, 0.6) is 17.2 Å².